The second-order valence-corrected chi connectivity index (χ2v) is 22.8. The molecule has 2 nitrogen and oxygen atoms in total. The largest absolute Gasteiger partial charge is 0.479 e. The van der Waals surface area contributed by atoms with Crippen molar-refractivity contribution in [3.8, 4) is 0 Å². The maximum absolute atomic E-state index is 7.93. The molecule has 6 aromatic rings. The Morgan fingerprint density at radius 3 is 0.756 bits per heavy atom. The van der Waals surface area contributed by atoms with E-state index in [2.05, 4.69) is 164 Å². The van der Waals surface area contributed by atoms with E-state index in [0.29, 0.717) is 0 Å². The van der Waals surface area contributed by atoms with Crippen LogP contribution in [0.5, 0.6) is 0 Å². The van der Waals surface area contributed by atoms with Gasteiger partial charge in [0.05, 0.1) is 0 Å². The van der Waals surface area contributed by atoms with Crippen LogP contribution in [0.15, 0.2) is 72.8 Å². The Hall–Kier alpha value is -2.72. The lowest BCUT2D eigenvalue weighted by Crippen LogP contribution is -2.40. The number of hydrogen-bond donors (Lipinski definition) is 0. The maximum Gasteiger partial charge on any atom is 0.479 e. The van der Waals surface area contributed by atoms with Crippen LogP contribution in [0.2, 0.25) is 0 Å². The highest BCUT2D eigenvalue weighted by molar-refractivity contribution is 7.44. The molecule has 6 rings (SSSR count). The third kappa shape index (κ3) is 5.33. The van der Waals surface area contributed by atoms with Gasteiger partial charge in [0.15, 0.2) is 0 Å². The van der Waals surface area contributed by atoms with Crippen molar-refractivity contribution in [1.82, 2.24) is 8.47 Å². The highest BCUT2D eigenvalue weighted by Gasteiger charge is 2.41. The highest BCUT2D eigenvalue weighted by Crippen LogP contribution is 2.43. The molecule has 0 aliphatic heterocycles. The molecule has 236 valence electrons. The van der Waals surface area contributed by atoms with Gasteiger partial charge in [-0.25, -0.2) is 0 Å². The number of hydrogen-bond acceptors (Lipinski definition) is 0. The molecular weight excluding hydrogens is 607 g/mol. The molecule has 0 saturated heterocycles. The van der Waals surface area contributed by atoms with Crippen LogP contribution < -0.4 is 0 Å². The number of rotatable bonds is 2. The summed E-state index contributed by atoms with van der Waals surface area (Å²) < 4.78 is 4.54. The third-order valence-electron chi connectivity index (χ3n) is 9.53. The van der Waals surface area contributed by atoms with E-state index < -0.39 is 7.02 Å². The van der Waals surface area contributed by atoms with Gasteiger partial charge in [-0.05, 0) is 92.4 Å². The predicted molar refractivity (Wildman–Crippen MR) is 202 cm³/mol. The first-order valence-electron chi connectivity index (χ1n) is 16.2. The Balaban J connectivity index is 1.74. The van der Waals surface area contributed by atoms with Crippen molar-refractivity contribution in [2.45, 2.75) is 105 Å². The smallest absolute Gasteiger partial charge is 0.325 e. The molecule has 0 unspecified atom stereocenters. The van der Waals surface area contributed by atoms with Crippen molar-refractivity contribution in [3.05, 3.63) is 95.1 Å². The molecule has 0 N–H and O–H groups in total. The van der Waals surface area contributed by atoms with Gasteiger partial charge in [0, 0.05) is 43.6 Å². The fraction of sp³-hybridized carbons (Fsp3) is 0.400. The zero-order valence-corrected chi connectivity index (χ0v) is 31.6. The van der Waals surface area contributed by atoms with E-state index in [0.717, 1.165) is 22.1 Å². The summed E-state index contributed by atoms with van der Waals surface area (Å²) in [7, 11) is -3.48. The molecule has 0 atom stereocenters. The minimum atomic E-state index is -3.48. The second-order valence-electron chi connectivity index (χ2n) is 17.1. The van der Waals surface area contributed by atoms with Gasteiger partial charge in [-0.1, -0.05) is 130 Å². The fourth-order valence-corrected chi connectivity index (χ4v) is 10.9. The lowest BCUT2D eigenvalue weighted by molar-refractivity contribution is 0.590. The van der Waals surface area contributed by atoms with E-state index in [1.54, 1.807) is 0 Å². The summed E-state index contributed by atoms with van der Waals surface area (Å²) in [6, 6.07) is 27.4. The minimum Gasteiger partial charge on any atom is -0.325 e. The number of nitrogens with zero attached hydrogens (tertiary/aromatic N) is 2. The number of aromatic nitrogens is 2. The lowest BCUT2D eigenvalue weighted by Gasteiger charge is -2.26. The Morgan fingerprint density at radius 1 is 0.378 bits per heavy atom. The lowest BCUT2D eigenvalue weighted by atomic mass is 9.85. The molecule has 0 radical (unpaired) electrons. The van der Waals surface area contributed by atoms with E-state index in [1.807, 2.05) is 0 Å². The van der Waals surface area contributed by atoms with Gasteiger partial charge in [0.1, 0.15) is 0 Å². The summed E-state index contributed by atoms with van der Waals surface area (Å²) in [6.45, 7) is 27.2. The van der Waals surface area contributed by atoms with Crippen LogP contribution in [-0.2, 0) is 21.7 Å². The maximum atomic E-state index is 7.93. The Bertz CT molecular complexity index is 1820. The molecule has 0 bridgehead atoms. The monoisotopic (exact) mass is 654 g/mol. The number of benzene rings is 4. The second kappa shape index (κ2) is 10.1. The minimum absolute atomic E-state index is 0.0169. The number of fused-ring (bicyclic) bond motifs is 6. The highest BCUT2D eigenvalue weighted by atomic mass is 35.7. The van der Waals surface area contributed by atoms with Crippen molar-refractivity contribution in [2.24, 2.45) is 0 Å². The Kier molecular flexibility index (Phi) is 7.26. The molecule has 0 saturated carbocycles. The molecule has 5 heteroatoms. The van der Waals surface area contributed by atoms with E-state index in [4.69, 9.17) is 22.2 Å². The summed E-state index contributed by atoms with van der Waals surface area (Å²) in [4.78, 5) is 0. The van der Waals surface area contributed by atoms with E-state index >= 15 is 0 Å². The van der Waals surface area contributed by atoms with Crippen LogP contribution in [0.25, 0.3) is 43.6 Å². The summed E-state index contributed by atoms with van der Waals surface area (Å²) in [5, 5.41) is 4.81. The fourth-order valence-electron chi connectivity index (χ4n) is 6.59. The molecule has 0 spiro atoms. The molecule has 0 amide bonds. The summed E-state index contributed by atoms with van der Waals surface area (Å²) >= 11 is 15.9. The molecular formula is C40H48Cl2N2Si. The molecule has 4 aromatic carbocycles. The zero-order valence-electron chi connectivity index (χ0n) is 29.1. The average Bonchev–Trinajstić information content (AvgIpc) is 3.43. The molecule has 0 fully saturated rings. The van der Waals surface area contributed by atoms with Gasteiger partial charge in [0.25, 0.3) is 0 Å². The van der Waals surface area contributed by atoms with Crippen LogP contribution in [0.3, 0.4) is 0 Å². The SMILES string of the molecule is CC(C)(C)c1ccc2c(c1)c1cc(C(C)(C)C)ccc1n2[Si](Cl)(Cl)n1c2ccc(C(C)(C)C)cc2c2cc(C(C)(C)C)ccc21. The van der Waals surface area contributed by atoms with Gasteiger partial charge >= 0.3 is 7.02 Å². The van der Waals surface area contributed by atoms with E-state index in [1.165, 1.54) is 43.8 Å². The van der Waals surface area contributed by atoms with Crippen LogP contribution in [0.1, 0.15) is 105 Å². The van der Waals surface area contributed by atoms with Gasteiger partial charge in [-0.2, -0.15) is 0 Å². The van der Waals surface area contributed by atoms with E-state index in [-0.39, 0.29) is 21.7 Å². The number of halogens is 2. The van der Waals surface area contributed by atoms with Crippen LogP contribution in [-0.4, -0.2) is 15.5 Å². The summed E-state index contributed by atoms with van der Waals surface area (Å²) in [5.74, 6) is 0. The molecule has 0 aliphatic carbocycles. The van der Waals surface area contributed by atoms with Crippen LogP contribution >= 0.6 is 22.2 Å². The molecule has 2 aromatic heterocycles. The Morgan fingerprint density at radius 2 is 0.578 bits per heavy atom. The topological polar surface area (TPSA) is 9.86 Å². The predicted octanol–water partition coefficient (Wildman–Crippen LogP) is 12.4. The van der Waals surface area contributed by atoms with Gasteiger partial charge in [-0.15, -0.1) is 0 Å². The molecule has 2 heterocycles. The molecule has 0 aliphatic rings. The zero-order chi connectivity index (χ0) is 33.1. The van der Waals surface area contributed by atoms with Crippen molar-refractivity contribution in [1.29, 1.82) is 0 Å². The summed E-state index contributed by atoms with van der Waals surface area (Å²) in [5.41, 5.74) is 9.57. The van der Waals surface area contributed by atoms with Crippen molar-refractivity contribution >= 4 is 72.8 Å². The van der Waals surface area contributed by atoms with Crippen LogP contribution in [0, 0.1) is 0 Å². The molecule has 45 heavy (non-hydrogen) atoms. The van der Waals surface area contributed by atoms with Crippen molar-refractivity contribution < 1.29 is 0 Å². The quantitative estimate of drug-likeness (QED) is 0.130. The third-order valence-corrected chi connectivity index (χ3v) is 13.6. The van der Waals surface area contributed by atoms with Crippen molar-refractivity contribution in [3.63, 3.8) is 0 Å². The first-order chi connectivity index (χ1) is 20.6. The van der Waals surface area contributed by atoms with Gasteiger partial charge < -0.3 is 8.47 Å². The Labute approximate surface area is 279 Å². The van der Waals surface area contributed by atoms with Gasteiger partial charge in [-0.3, -0.25) is 0 Å². The van der Waals surface area contributed by atoms with Crippen LogP contribution in [0.4, 0.5) is 0 Å². The normalized spacial score (nSPS) is 14.0. The average molecular weight is 656 g/mol. The van der Waals surface area contributed by atoms with Crippen molar-refractivity contribution in [2.75, 3.05) is 0 Å². The van der Waals surface area contributed by atoms with Gasteiger partial charge in [0.2, 0.25) is 0 Å². The van der Waals surface area contributed by atoms with E-state index in [9.17, 15) is 0 Å². The first kappa shape index (κ1) is 32.2. The standard InChI is InChI=1S/C40H48Cl2N2Si/c1-37(2,3)25-13-17-33-29(21-25)30-22-26(38(4,5)6)14-18-34(30)43(33)45(41,42)44-35-19-15-27(39(7,8)9)23-31(35)32-24-28(40(10,11)12)16-20-36(32)44/h13-24H,1-12H3. The summed E-state index contributed by atoms with van der Waals surface area (Å²) in [6.07, 6.45) is 0. The first-order valence-corrected chi connectivity index (χ1v) is 20.1.